The lowest BCUT2D eigenvalue weighted by atomic mass is 9.62. The van der Waals surface area contributed by atoms with E-state index in [1.165, 1.54) is 25.1 Å². The largest absolute Gasteiger partial charge is 0.508 e. The summed E-state index contributed by atoms with van der Waals surface area (Å²) >= 11 is 0. The number of carbonyl (C=O) groups excluding carboxylic acids is 4. The van der Waals surface area contributed by atoms with E-state index in [2.05, 4.69) is 0 Å². The van der Waals surface area contributed by atoms with Crippen molar-refractivity contribution in [2.45, 2.75) is 26.7 Å². The highest BCUT2D eigenvalue weighted by molar-refractivity contribution is 6.29. The standard InChI is InChI=1S/C20H18O5/c1-11(22)3-4-12-5-7-15-17(20(12,2)10-21)19(25)16-9-13(23)6-8-14(16)18(15)24/h5-10,12,23H,3-4H2,1-2H3. The molecule has 0 saturated carbocycles. The minimum atomic E-state index is -1.19. The van der Waals surface area contributed by atoms with Gasteiger partial charge >= 0.3 is 0 Å². The van der Waals surface area contributed by atoms with E-state index in [0.717, 1.165) is 0 Å². The molecular weight excluding hydrogens is 320 g/mol. The highest BCUT2D eigenvalue weighted by atomic mass is 16.3. The zero-order valence-corrected chi connectivity index (χ0v) is 14.0. The minimum Gasteiger partial charge on any atom is -0.508 e. The van der Waals surface area contributed by atoms with Crippen LogP contribution < -0.4 is 0 Å². The summed E-state index contributed by atoms with van der Waals surface area (Å²) in [7, 11) is 0. The molecule has 0 heterocycles. The van der Waals surface area contributed by atoms with E-state index in [1.807, 2.05) is 0 Å². The third-order valence-corrected chi connectivity index (χ3v) is 5.09. The third-order valence-electron chi connectivity index (χ3n) is 5.09. The molecule has 0 bridgehead atoms. The van der Waals surface area contributed by atoms with Gasteiger partial charge in [-0.15, -0.1) is 0 Å². The molecule has 0 radical (unpaired) electrons. The van der Waals surface area contributed by atoms with Gasteiger partial charge in [-0.3, -0.25) is 9.59 Å². The predicted octanol–water partition coefficient (Wildman–Crippen LogP) is 2.83. The second-order valence-electron chi connectivity index (χ2n) is 6.78. The Morgan fingerprint density at radius 2 is 1.96 bits per heavy atom. The van der Waals surface area contributed by atoms with Crippen molar-refractivity contribution in [3.63, 3.8) is 0 Å². The highest BCUT2D eigenvalue weighted by Gasteiger charge is 2.47. The van der Waals surface area contributed by atoms with Crippen molar-refractivity contribution in [2.75, 3.05) is 0 Å². The number of phenolic OH excluding ortho intramolecular Hbond substituents is 1. The first-order chi connectivity index (χ1) is 11.8. The number of hydrogen-bond donors (Lipinski definition) is 1. The molecule has 1 aromatic rings. The molecule has 2 unspecified atom stereocenters. The fraction of sp³-hybridized carbons (Fsp3) is 0.300. The van der Waals surface area contributed by atoms with Crippen molar-refractivity contribution in [1.82, 2.24) is 0 Å². The molecule has 0 aliphatic heterocycles. The second-order valence-corrected chi connectivity index (χ2v) is 6.78. The molecule has 2 atom stereocenters. The highest BCUT2D eigenvalue weighted by Crippen LogP contribution is 2.46. The quantitative estimate of drug-likeness (QED) is 0.853. The molecule has 1 aromatic carbocycles. The Morgan fingerprint density at radius 1 is 1.24 bits per heavy atom. The molecule has 5 nitrogen and oxygen atoms in total. The Kier molecular flexibility index (Phi) is 4.03. The van der Waals surface area contributed by atoms with Crippen LogP contribution in [0.5, 0.6) is 5.75 Å². The number of ketones is 3. The fourth-order valence-electron chi connectivity index (χ4n) is 3.63. The average molecular weight is 338 g/mol. The zero-order valence-electron chi connectivity index (χ0n) is 14.0. The summed E-state index contributed by atoms with van der Waals surface area (Å²) in [4.78, 5) is 49.1. The molecular formula is C20H18O5. The molecule has 1 N–H and O–H groups in total. The van der Waals surface area contributed by atoms with Crippen molar-refractivity contribution in [3.8, 4) is 5.75 Å². The van der Waals surface area contributed by atoms with Crippen LogP contribution in [0.3, 0.4) is 0 Å². The van der Waals surface area contributed by atoms with Crippen molar-refractivity contribution >= 4 is 23.6 Å². The predicted molar refractivity (Wildman–Crippen MR) is 90.5 cm³/mol. The number of Topliss-reactive ketones (excluding diaryl/α,β-unsaturated/α-hetero) is 3. The molecule has 128 valence electrons. The number of aromatic hydroxyl groups is 1. The number of allylic oxidation sites excluding steroid dienone is 4. The Labute approximate surface area is 145 Å². The molecule has 2 aliphatic carbocycles. The lowest BCUT2D eigenvalue weighted by Gasteiger charge is -2.38. The first kappa shape index (κ1) is 17.0. The molecule has 3 rings (SSSR count). The topological polar surface area (TPSA) is 88.5 Å². The van der Waals surface area contributed by atoms with Gasteiger partial charge < -0.3 is 14.7 Å². The number of carbonyl (C=O) groups is 4. The smallest absolute Gasteiger partial charge is 0.194 e. The van der Waals surface area contributed by atoms with Crippen LogP contribution in [0.15, 0.2) is 41.5 Å². The number of phenols is 1. The average Bonchev–Trinajstić information content (AvgIpc) is 2.58. The molecule has 25 heavy (non-hydrogen) atoms. The van der Waals surface area contributed by atoms with Crippen LogP contribution in [0.1, 0.15) is 47.4 Å². The van der Waals surface area contributed by atoms with Gasteiger partial charge in [-0.25, -0.2) is 0 Å². The SMILES string of the molecule is CC(=O)CCC1C=CC2=C(C(=O)c3cc(O)ccc3C2=O)C1(C)C=O. The summed E-state index contributed by atoms with van der Waals surface area (Å²) in [5, 5.41) is 9.67. The van der Waals surface area contributed by atoms with Gasteiger partial charge in [0.15, 0.2) is 11.6 Å². The summed E-state index contributed by atoms with van der Waals surface area (Å²) in [5.41, 5.74) is -0.479. The van der Waals surface area contributed by atoms with E-state index in [1.54, 1.807) is 19.1 Å². The number of fused-ring (bicyclic) bond motifs is 1. The molecule has 0 saturated heterocycles. The van der Waals surface area contributed by atoms with Gasteiger partial charge in [-0.05, 0) is 44.4 Å². The van der Waals surface area contributed by atoms with Crippen LogP contribution in [0, 0.1) is 11.3 Å². The summed E-state index contributed by atoms with van der Waals surface area (Å²) in [5.74, 6) is -1.21. The van der Waals surface area contributed by atoms with E-state index < -0.39 is 11.2 Å². The third kappa shape index (κ3) is 2.56. The number of rotatable bonds is 4. The zero-order chi connectivity index (χ0) is 18.4. The lowest BCUT2D eigenvalue weighted by molar-refractivity contribution is -0.119. The van der Waals surface area contributed by atoms with Crippen LogP contribution >= 0.6 is 0 Å². The first-order valence-electron chi connectivity index (χ1n) is 8.10. The van der Waals surface area contributed by atoms with Gasteiger partial charge in [0.25, 0.3) is 0 Å². The molecule has 0 fully saturated rings. The fourth-order valence-corrected chi connectivity index (χ4v) is 3.63. The van der Waals surface area contributed by atoms with Crippen LogP contribution in [-0.4, -0.2) is 28.7 Å². The van der Waals surface area contributed by atoms with Crippen LogP contribution in [0.4, 0.5) is 0 Å². The van der Waals surface area contributed by atoms with Gasteiger partial charge in [-0.1, -0.05) is 12.2 Å². The van der Waals surface area contributed by atoms with Crippen molar-refractivity contribution in [3.05, 3.63) is 52.6 Å². The van der Waals surface area contributed by atoms with E-state index in [-0.39, 0.29) is 45.5 Å². The maximum Gasteiger partial charge on any atom is 0.194 e. The van der Waals surface area contributed by atoms with Gasteiger partial charge in [0.05, 0.1) is 5.41 Å². The number of aldehydes is 1. The van der Waals surface area contributed by atoms with Gasteiger partial charge in [-0.2, -0.15) is 0 Å². The van der Waals surface area contributed by atoms with Crippen molar-refractivity contribution < 1.29 is 24.3 Å². The van der Waals surface area contributed by atoms with E-state index >= 15 is 0 Å². The molecule has 0 amide bonds. The summed E-state index contributed by atoms with van der Waals surface area (Å²) in [6.45, 7) is 3.10. The van der Waals surface area contributed by atoms with E-state index in [9.17, 15) is 24.3 Å². The number of benzene rings is 1. The summed E-state index contributed by atoms with van der Waals surface area (Å²) in [6.07, 6.45) is 4.73. The maximum absolute atomic E-state index is 13.0. The van der Waals surface area contributed by atoms with Crippen molar-refractivity contribution in [1.29, 1.82) is 0 Å². The number of hydrogen-bond acceptors (Lipinski definition) is 5. The normalized spacial score (nSPS) is 24.8. The van der Waals surface area contributed by atoms with Crippen LogP contribution in [0.25, 0.3) is 0 Å². The molecule has 5 heteroatoms. The van der Waals surface area contributed by atoms with Gasteiger partial charge in [0.2, 0.25) is 0 Å². The Bertz CT molecular complexity index is 874. The van der Waals surface area contributed by atoms with Gasteiger partial charge in [0.1, 0.15) is 17.8 Å². The van der Waals surface area contributed by atoms with E-state index in [4.69, 9.17) is 0 Å². The lowest BCUT2D eigenvalue weighted by Crippen LogP contribution is -2.40. The van der Waals surface area contributed by atoms with Crippen LogP contribution in [-0.2, 0) is 9.59 Å². The van der Waals surface area contributed by atoms with Crippen molar-refractivity contribution in [2.24, 2.45) is 11.3 Å². The molecule has 0 spiro atoms. The minimum absolute atomic E-state index is 0.00254. The second kappa shape index (κ2) is 5.92. The Hall–Kier alpha value is -2.82. The Morgan fingerprint density at radius 3 is 2.60 bits per heavy atom. The molecule has 2 aliphatic rings. The first-order valence-corrected chi connectivity index (χ1v) is 8.10. The van der Waals surface area contributed by atoms with Crippen LogP contribution in [0.2, 0.25) is 0 Å². The maximum atomic E-state index is 13.0. The molecule has 0 aromatic heterocycles. The summed E-state index contributed by atoms with van der Waals surface area (Å²) < 4.78 is 0. The monoisotopic (exact) mass is 338 g/mol. The summed E-state index contributed by atoms with van der Waals surface area (Å²) in [6, 6.07) is 4.03. The Balaban J connectivity index is 2.13. The van der Waals surface area contributed by atoms with Gasteiger partial charge in [0, 0.05) is 28.7 Å². The van der Waals surface area contributed by atoms with E-state index in [0.29, 0.717) is 19.1 Å².